The molecule has 3 heteroatoms. The average Bonchev–Trinajstić information content (AvgIpc) is 2.56. The molecule has 1 rings (SSSR count). The van der Waals surface area contributed by atoms with Crippen molar-refractivity contribution in [3.63, 3.8) is 0 Å². The van der Waals surface area contributed by atoms with Gasteiger partial charge in [-0.15, -0.1) is 0 Å². The summed E-state index contributed by atoms with van der Waals surface area (Å²) in [4.78, 5) is 10.4. The molecule has 1 aromatic carbocycles. The number of unbranched alkanes of at least 4 members (excludes halogenated alkanes) is 9. The summed E-state index contributed by atoms with van der Waals surface area (Å²) in [6.07, 6.45) is 13.7. The summed E-state index contributed by atoms with van der Waals surface area (Å²) in [5.74, 6) is 0.261. The van der Waals surface area contributed by atoms with Gasteiger partial charge in [0.05, 0.1) is 7.11 Å². The number of benzene rings is 1. The second-order valence-corrected chi connectivity index (χ2v) is 6.28. The Morgan fingerprint density at radius 3 is 1.78 bits per heavy atom. The molecule has 0 aliphatic carbocycles. The largest absolute Gasteiger partial charge is 0.497 e. The first-order chi connectivity index (χ1) is 11.2. The molecule has 0 fully saturated rings. The lowest BCUT2D eigenvalue weighted by Crippen LogP contribution is -1.93. The minimum atomic E-state index is -0.667. The fraction of sp³-hybridized carbons (Fsp3) is 0.650. The summed E-state index contributed by atoms with van der Waals surface area (Å²) >= 11 is 0. The molecule has 0 aliphatic heterocycles. The molecule has 0 bridgehead atoms. The number of aliphatic carboxylic acids is 1. The standard InChI is InChI=1S/C20H32O3/c1-23-19-16-14-18(15-17-19)12-10-8-6-4-2-3-5-7-9-11-13-20(21)22/h14-17H,2-13H2,1H3,(H,21,22). The van der Waals surface area contributed by atoms with E-state index in [0.29, 0.717) is 6.42 Å². The molecule has 1 aromatic rings. The summed E-state index contributed by atoms with van der Waals surface area (Å²) in [6, 6.07) is 8.38. The molecule has 0 saturated carbocycles. The number of ether oxygens (including phenoxy) is 1. The van der Waals surface area contributed by atoms with Gasteiger partial charge in [0.15, 0.2) is 0 Å². The van der Waals surface area contributed by atoms with Crippen molar-refractivity contribution in [2.45, 2.75) is 77.0 Å². The Bertz CT molecular complexity index is 411. The molecule has 0 amide bonds. The first-order valence-corrected chi connectivity index (χ1v) is 9.07. The maximum absolute atomic E-state index is 10.4. The summed E-state index contributed by atoms with van der Waals surface area (Å²) in [6.45, 7) is 0. The molecular weight excluding hydrogens is 288 g/mol. The van der Waals surface area contributed by atoms with Crippen LogP contribution in [0.4, 0.5) is 0 Å². The van der Waals surface area contributed by atoms with Crippen LogP contribution in [0.5, 0.6) is 5.75 Å². The van der Waals surface area contributed by atoms with Gasteiger partial charge in [0.2, 0.25) is 0 Å². The van der Waals surface area contributed by atoms with Crippen LogP contribution < -0.4 is 4.74 Å². The van der Waals surface area contributed by atoms with Gasteiger partial charge < -0.3 is 9.84 Å². The van der Waals surface area contributed by atoms with E-state index in [-0.39, 0.29) is 0 Å². The third-order valence-electron chi connectivity index (χ3n) is 4.27. The molecule has 0 saturated heterocycles. The predicted molar refractivity (Wildman–Crippen MR) is 95.1 cm³/mol. The monoisotopic (exact) mass is 320 g/mol. The second-order valence-electron chi connectivity index (χ2n) is 6.28. The smallest absolute Gasteiger partial charge is 0.303 e. The van der Waals surface area contributed by atoms with Gasteiger partial charge in [-0.3, -0.25) is 4.79 Å². The molecule has 0 spiro atoms. The molecule has 3 nitrogen and oxygen atoms in total. The van der Waals surface area contributed by atoms with Gasteiger partial charge in [-0.05, 0) is 37.0 Å². The van der Waals surface area contributed by atoms with Crippen LogP contribution in [-0.2, 0) is 11.2 Å². The maximum atomic E-state index is 10.4. The molecule has 0 atom stereocenters. The number of aryl methyl sites for hydroxylation is 1. The molecule has 0 heterocycles. The summed E-state index contributed by atoms with van der Waals surface area (Å²) < 4.78 is 5.16. The Morgan fingerprint density at radius 1 is 0.826 bits per heavy atom. The van der Waals surface area contributed by atoms with E-state index in [4.69, 9.17) is 9.84 Å². The van der Waals surface area contributed by atoms with E-state index in [0.717, 1.165) is 25.0 Å². The topological polar surface area (TPSA) is 46.5 Å². The highest BCUT2D eigenvalue weighted by atomic mass is 16.5. The summed E-state index contributed by atoms with van der Waals surface area (Å²) in [5, 5.41) is 8.55. The van der Waals surface area contributed by atoms with E-state index in [9.17, 15) is 4.79 Å². The van der Waals surface area contributed by atoms with Crippen LogP contribution in [0.25, 0.3) is 0 Å². The molecule has 23 heavy (non-hydrogen) atoms. The van der Waals surface area contributed by atoms with Gasteiger partial charge >= 0.3 is 5.97 Å². The molecule has 0 aromatic heterocycles. The lowest BCUT2D eigenvalue weighted by molar-refractivity contribution is -0.137. The Hall–Kier alpha value is -1.51. The zero-order chi connectivity index (χ0) is 16.8. The third kappa shape index (κ3) is 10.8. The number of hydrogen-bond donors (Lipinski definition) is 1. The number of carboxylic acids is 1. The van der Waals surface area contributed by atoms with Crippen LogP contribution in [0.15, 0.2) is 24.3 Å². The molecule has 1 N–H and O–H groups in total. The van der Waals surface area contributed by atoms with Crippen LogP contribution in [0.1, 0.15) is 76.2 Å². The van der Waals surface area contributed by atoms with Crippen molar-refractivity contribution in [3.05, 3.63) is 29.8 Å². The highest BCUT2D eigenvalue weighted by Crippen LogP contribution is 2.15. The van der Waals surface area contributed by atoms with E-state index in [1.807, 2.05) is 12.1 Å². The second kappa shape index (κ2) is 13.0. The van der Waals surface area contributed by atoms with Crippen molar-refractivity contribution in [3.8, 4) is 5.75 Å². The van der Waals surface area contributed by atoms with Gasteiger partial charge in [-0.2, -0.15) is 0 Å². The number of methoxy groups -OCH3 is 1. The van der Waals surface area contributed by atoms with E-state index in [2.05, 4.69) is 12.1 Å². The highest BCUT2D eigenvalue weighted by Gasteiger charge is 1.98. The van der Waals surface area contributed by atoms with Crippen molar-refractivity contribution >= 4 is 5.97 Å². The minimum absolute atomic E-state index is 0.328. The zero-order valence-corrected chi connectivity index (χ0v) is 14.6. The molecule has 0 radical (unpaired) electrons. The van der Waals surface area contributed by atoms with Gasteiger partial charge in [-0.25, -0.2) is 0 Å². The van der Waals surface area contributed by atoms with Gasteiger partial charge in [0.1, 0.15) is 5.75 Å². The van der Waals surface area contributed by atoms with E-state index in [1.165, 1.54) is 56.9 Å². The van der Waals surface area contributed by atoms with Crippen LogP contribution in [0, 0.1) is 0 Å². The Kier molecular flexibility index (Phi) is 11.0. The van der Waals surface area contributed by atoms with E-state index < -0.39 is 5.97 Å². The normalized spacial score (nSPS) is 10.7. The molecule has 0 unspecified atom stereocenters. The van der Waals surface area contributed by atoms with Crippen molar-refractivity contribution < 1.29 is 14.6 Å². The van der Waals surface area contributed by atoms with Gasteiger partial charge in [0.25, 0.3) is 0 Å². The van der Waals surface area contributed by atoms with Crippen LogP contribution in [0.2, 0.25) is 0 Å². The Morgan fingerprint density at radius 2 is 1.30 bits per heavy atom. The lowest BCUT2D eigenvalue weighted by Gasteiger charge is -2.04. The predicted octanol–water partition coefficient (Wildman–Crippen LogP) is 5.61. The van der Waals surface area contributed by atoms with Gasteiger partial charge in [0, 0.05) is 6.42 Å². The van der Waals surface area contributed by atoms with Crippen LogP contribution in [-0.4, -0.2) is 18.2 Å². The van der Waals surface area contributed by atoms with Crippen LogP contribution >= 0.6 is 0 Å². The van der Waals surface area contributed by atoms with Crippen molar-refractivity contribution in [2.24, 2.45) is 0 Å². The fourth-order valence-electron chi connectivity index (χ4n) is 2.81. The van der Waals surface area contributed by atoms with E-state index in [1.54, 1.807) is 7.11 Å². The number of hydrogen-bond acceptors (Lipinski definition) is 2. The molecule has 130 valence electrons. The highest BCUT2D eigenvalue weighted by molar-refractivity contribution is 5.66. The summed E-state index contributed by atoms with van der Waals surface area (Å²) in [7, 11) is 1.70. The average molecular weight is 320 g/mol. The first kappa shape index (κ1) is 19.5. The number of carboxylic acid groups (broad SMARTS) is 1. The fourth-order valence-corrected chi connectivity index (χ4v) is 2.81. The SMILES string of the molecule is COc1ccc(CCCCCCCCCCCCC(=O)O)cc1. The quantitative estimate of drug-likeness (QED) is 0.453. The third-order valence-corrected chi connectivity index (χ3v) is 4.27. The van der Waals surface area contributed by atoms with E-state index >= 15 is 0 Å². The van der Waals surface area contributed by atoms with Crippen molar-refractivity contribution in [1.82, 2.24) is 0 Å². The number of carbonyl (C=O) groups is 1. The summed E-state index contributed by atoms with van der Waals surface area (Å²) in [5.41, 5.74) is 1.40. The van der Waals surface area contributed by atoms with Crippen molar-refractivity contribution in [1.29, 1.82) is 0 Å². The molecule has 0 aliphatic rings. The first-order valence-electron chi connectivity index (χ1n) is 9.07. The Balaban J connectivity index is 1.85. The zero-order valence-electron chi connectivity index (χ0n) is 14.6. The van der Waals surface area contributed by atoms with Crippen LogP contribution in [0.3, 0.4) is 0 Å². The van der Waals surface area contributed by atoms with Gasteiger partial charge in [-0.1, -0.05) is 63.5 Å². The van der Waals surface area contributed by atoms with Crippen molar-refractivity contribution in [2.75, 3.05) is 7.11 Å². The molecular formula is C20H32O3. The Labute approximate surface area is 141 Å². The maximum Gasteiger partial charge on any atom is 0.303 e. The lowest BCUT2D eigenvalue weighted by atomic mass is 10.0. The minimum Gasteiger partial charge on any atom is -0.497 e. The number of rotatable bonds is 14.